The van der Waals surface area contributed by atoms with Crippen molar-refractivity contribution >= 4 is 11.5 Å². The van der Waals surface area contributed by atoms with Crippen LogP contribution in [0.4, 0.5) is 5.69 Å². The van der Waals surface area contributed by atoms with Crippen molar-refractivity contribution in [3.8, 4) is 5.88 Å². The van der Waals surface area contributed by atoms with E-state index in [2.05, 4.69) is 9.88 Å². The fourth-order valence-corrected chi connectivity index (χ4v) is 1.77. The van der Waals surface area contributed by atoms with Crippen LogP contribution in [0.3, 0.4) is 0 Å². The van der Waals surface area contributed by atoms with Crippen molar-refractivity contribution in [2.24, 2.45) is 0 Å². The van der Waals surface area contributed by atoms with E-state index < -0.39 is 0 Å². The topological polar surface area (TPSA) is 42.4 Å². The van der Waals surface area contributed by atoms with Crippen LogP contribution in [-0.2, 0) is 4.79 Å². The van der Waals surface area contributed by atoms with E-state index in [0.717, 1.165) is 18.7 Å². The molecule has 1 aliphatic heterocycles. The standard InChI is InChI=1S/C11H14N2O2/c1-15-11-7-9(4-5-12-11)13-6-2-3-10(14)8-13/h4-5,7H,2-3,6,8H2,1H3. The Bertz CT molecular complexity index is 365. The molecule has 1 fully saturated rings. The first-order chi connectivity index (χ1) is 7.29. The molecule has 15 heavy (non-hydrogen) atoms. The Morgan fingerprint density at radius 3 is 3.13 bits per heavy atom. The summed E-state index contributed by atoms with van der Waals surface area (Å²) in [7, 11) is 1.59. The monoisotopic (exact) mass is 206 g/mol. The summed E-state index contributed by atoms with van der Waals surface area (Å²) in [5, 5.41) is 0. The summed E-state index contributed by atoms with van der Waals surface area (Å²) in [6.07, 6.45) is 3.34. The van der Waals surface area contributed by atoms with Gasteiger partial charge in [0.05, 0.1) is 13.7 Å². The molecule has 1 aliphatic rings. The van der Waals surface area contributed by atoms with E-state index in [1.807, 2.05) is 12.1 Å². The number of pyridine rings is 1. The lowest BCUT2D eigenvalue weighted by Crippen LogP contribution is -2.35. The van der Waals surface area contributed by atoms with E-state index >= 15 is 0 Å². The fraction of sp³-hybridized carbons (Fsp3) is 0.455. The van der Waals surface area contributed by atoms with Gasteiger partial charge in [0.1, 0.15) is 0 Å². The molecule has 0 aromatic carbocycles. The number of hydrogen-bond acceptors (Lipinski definition) is 4. The largest absolute Gasteiger partial charge is 0.481 e. The average molecular weight is 206 g/mol. The summed E-state index contributed by atoms with van der Waals surface area (Å²) in [6.45, 7) is 1.44. The highest BCUT2D eigenvalue weighted by molar-refractivity contribution is 5.84. The molecule has 1 saturated heterocycles. The lowest BCUT2D eigenvalue weighted by atomic mass is 10.1. The number of carbonyl (C=O) groups is 1. The first-order valence-electron chi connectivity index (χ1n) is 5.06. The molecule has 2 rings (SSSR count). The molecule has 0 bridgehead atoms. The Morgan fingerprint density at radius 2 is 2.40 bits per heavy atom. The van der Waals surface area contributed by atoms with E-state index in [-0.39, 0.29) is 0 Å². The molecule has 0 amide bonds. The molecule has 4 nitrogen and oxygen atoms in total. The Kier molecular flexibility index (Phi) is 2.85. The average Bonchev–Trinajstić information content (AvgIpc) is 2.29. The Labute approximate surface area is 88.9 Å². The molecule has 0 saturated carbocycles. The summed E-state index contributed by atoms with van der Waals surface area (Å²) < 4.78 is 5.05. The van der Waals surface area contributed by atoms with Crippen LogP contribution in [0.1, 0.15) is 12.8 Å². The SMILES string of the molecule is COc1cc(N2CCCC(=O)C2)ccn1. The minimum atomic E-state index is 0.303. The van der Waals surface area contributed by atoms with Gasteiger partial charge in [0.25, 0.3) is 0 Å². The number of rotatable bonds is 2. The number of nitrogens with zero attached hydrogens (tertiary/aromatic N) is 2. The van der Waals surface area contributed by atoms with Gasteiger partial charge in [-0.15, -0.1) is 0 Å². The number of hydrogen-bond donors (Lipinski definition) is 0. The van der Waals surface area contributed by atoms with Crippen molar-refractivity contribution in [3.05, 3.63) is 18.3 Å². The van der Waals surface area contributed by atoms with Gasteiger partial charge in [0.15, 0.2) is 5.78 Å². The van der Waals surface area contributed by atoms with Crippen molar-refractivity contribution in [1.29, 1.82) is 0 Å². The highest BCUT2D eigenvalue weighted by Crippen LogP contribution is 2.21. The van der Waals surface area contributed by atoms with Gasteiger partial charge < -0.3 is 9.64 Å². The van der Waals surface area contributed by atoms with E-state index in [1.165, 1.54) is 0 Å². The summed E-state index contributed by atoms with van der Waals surface area (Å²) in [5.74, 6) is 0.891. The van der Waals surface area contributed by atoms with Crippen molar-refractivity contribution in [3.63, 3.8) is 0 Å². The van der Waals surface area contributed by atoms with Crippen molar-refractivity contribution in [2.75, 3.05) is 25.1 Å². The predicted molar refractivity (Wildman–Crippen MR) is 57.2 cm³/mol. The number of ether oxygens (including phenoxy) is 1. The maximum Gasteiger partial charge on any atom is 0.214 e. The zero-order valence-electron chi connectivity index (χ0n) is 8.77. The molecule has 0 aliphatic carbocycles. The second kappa shape index (κ2) is 4.29. The summed E-state index contributed by atoms with van der Waals surface area (Å²) >= 11 is 0. The minimum Gasteiger partial charge on any atom is -0.481 e. The van der Waals surface area contributed by atoms with Gasteiger partial charge in [-0.1, -0.05) is 0 Å². The van der Waals surface area contributed by atoms with Crippen LogP contribution in [0.15, 0.2) is 18.3 Å². The zero-order valence-corrected chi connectivity index (χ0v) is 8.77. The predicted octanol–water partition coefficient (Wildman–Crippen LogP) is 1.26. The van der Waals surface area contributed by atoms with E-state index in [0.29, 0.717) is 24.6 Å². The second-order valence-electron chi connectivity index (χ2n) is 3.62. The van der Waals surface area contributed by atoms with Gasteiger partial charge in [-0.3, -0.25) is 4.79 Å². The van der Waals surface area contributed by atoms with Gasteiger partial charge in [0, 0.05) is 30.9 Å². The highest BCUT2D eigenvalue weighted by atomic mass is 16.5. The molecular formula is C11H14N2O2. The highest BCUT2D eigenvalue weighted by Gasteiger charge is 2.17. The summed E-state index contributed by atoms with van der Waals surface area (Å²) in [6, 6.07) is 3.76. The third-order valence-corrected chi connectivity index (χ3v) is 2.54. The van der Waals surface area contributed by atoms with Gasteiger partial charge in [-0.25, -0.2) is 4.98 Å². The van der Waals surface area contributed by atoms with Gasteiger partial charge in [-0.2, -0.15) is 0 Å². The first-order valence-corrected chi connectivity index (χ1v) is 5.06. The summed E-state index contributed by atoms with van der Waals surface area (Å²) in [5.41, 5.74) is 1.01. The zero-order chi connectivity index (χ0) is 10.7. The molecule has 0 spiro atoms. The number of ketones is 1. The van der Waals surface area contributed by atoms with Gasteiger partial charge in [-0.05, 0) is 12.5 Å². The molecule has 1 aromatic heterocycles. The maximum atomic E-state index is 11.3. The van der Waals surface area contributed by atoms with Crippen LogP contribution in [0.5, 0.6) is 5.88 Å². The number of methoxy groups -OCH3 is 1. The smallest absolute Gasteiger partial charge is 0.214 e. The molecule has 0 N–H and O–H groups in total. The minimum absolute atomic E-state index is 0.303. The van der Waals surface area contributed by atoms with Crippen LogP contribution in [0.2, 0.25) is 0 Å². The van der Waals surface area contributed by atoms with Crippen LogP contribution in [-0.4, -0.2) is 31.0 Å². The lowest BCUT2D eigenvalue weighted by molar-refractivity contribution is -0.118. The molecule has 0 atom stereocenters. The summed E-state index contributed by atoms with van der Waals surface area (Å²) in [4.78, 5) is 17.4. The molecule has 0 radical (unpaired) electrons. The molecule has 0 unspecified atom stereocenters. The molecule has 80 valence electrons. The van der Waals surface area contributed by atoms with Crippen molar-refractivity contribution in [1.82, 2.24) is 4.98 Å². The number of carbonyl (C=O) groups excluding carboxylic acids is 1. The normalized spacial score (nSPS) is 16.6. The third kappa shape index (κ3) is 2.26. The molecule has 1 aromatic rings. The van der Waals surface area contributed by atoms with E-state index in [1.54, 1.807) is 13.3 Å². The number of piperidine rings is 1. The Morgan fingerprint density at radius 1 is 1.53 bits per heavy atom. The van der Waals surface area contributed by atoms with Crippen LogP contribution < -0.4 is 9.64 Å². The maximum absolute atomic E-state index is 11.3. The second-order valence-corrected chi connectivity index (χ2v) is 3.62. The fourth-order valence-electron chi connectivity index (χ4n) is 1.77. The van der Waals surface area contributed by atoms with E-state index in [9.17, 15) is 4.79 Å². The number of Topliss-reactive ketones (excluding diaryl/α,β-unsaturated/α-hetero) is 1. The first kappa shape index (κ1) is 9.96. The van der Waals surface area contributed by atoms with Gasteiger partial charge >= 0.3 is 0 Å². The lowest BCUT2D eigenvalue weighted by Gasteiger charge is -2.27. The Balaban J connectivity index is 2.17. The van der Waals surface area contributed by atoms with Crippen LogP contribution in [0.25, 0.3) is 0 Å². The number of aromatic nitrogens is 1. The van der Waals surface area contributed by atoms with Gasteiger partial charge in [0.2, 0.25) is 5.88 Å². The number of anilines is 1. The molecule has 4 heteroatoms. The Hall–Kier alpha value is -1.58. The van der Waals surface area contributed by atoms with Crippen LogP contribution in [0, 0.1) is 0 Å². The molecular weight excluding hydrogens is 192 g/mol. The van der Waals surface area contributed by atoms with Crippen LogP contribution >= 0.6 is 0 Å². The van der Waals surface area contributed by atoms with Crippen molar-refractivity contribution < 1.29 is 9.53 Å². The third-order valence-electron chi connectivity index (χ3n) is 2.54. The van der Waals surface area contributed by atoms with E-state index in [4.69, 9.17) is 4.74 Å². The quantitative estimate of drug-likeness (QED) is 0.730. The van der Waals surface area contributed by atoms with Crippen molar-refractivity contribution in [2.45, 2.75) is 12.8 Å². The molecule has 2 heterocycles.